The van der Waals surface area contributed by atoms with Crippen molar-refractivity contribution in [1.82, 2.24) is 9.97 Å². The Kier molecular flexibility index (Phi) is 4.74. The lowest BCUT2D eigenvalue weighted by Crippen LogP contribution is -2.00. The molecule has 0 bridgehead atoms. The molecule has 0 amide bonds. The van der Waals surface area contributed by atoms with E-state index in [0.29, 0.717) is 20.9 Å². The van der Waals surface area contributed by atoms with Crippen LogP contribution >= 0.6 is 27.5 Å². The number of hydrogen-bond acceptors (Lipinski definition) is 5. The van der Waals surface area contributed by atoms with Gasteiger partial charge in [-0.25, -0.2) is 9.97 Å². The van der Waals surface area contributed by atoms with Crippen molar-refractivity contribution in [3.63, 3.8) is 0 Å². The maximum Gasteiger partial charge on any atom is 0.274 e. The standard InChI is InChI=1S/C13H11BrClN3O3/c1-7(2)11-12(15)16-6-17-13(11)21-10-4-8(14)3-9(5-10)18(19)20/h3-7H,1-2H3. The number of aromatic nitrogens is 2. The van der Waals surface area contributed by atoms with E-state index in [4.69, 9.17) is 16.3 Å². The van der Waals surface area contributed by atoms with E-state index in [0.717, 1.165) is 0 Å². The van der Waals surface area contributed by atoms with Crippen molar-refractivity contribution in [2.24, 2.45) is 0 Å². The van der Waals surface area contributed by atoms with Crippen LogP contribution in [0, 0.1) is 10.1 Å². The molecule has 1 heterocycles. The van der Waals surface area contributed by atoms with Crippen molar-refractivity contribution in [2.75, 3.05) is 0 Å². The van der Waals surface area contributed by atoms with Crippen LogP contribution in [-0.2, 0) is 0 Å². The van der Waals surface area contributed by atoms with Crippen molar-refractivity contribution in [3.05, 3.63) is 49.8 Å². The number of ether oxygens (including phenoxy) is 1. The SMILES string of the molecule is CC(C)c1c(Cl)ncnc1Oc1cc(Br)cc([N+](=O)[O-])c1. The summed E-state index contributed by atoms with van der Waals surface area (Å²) in [6, 6.07) is 4.33. The Bertz CT molecular complexity index is 694. The molecular weight excluding hydrogens is 362 g/mol. The van der Waals surface area contributed by atoms with Crippen LogP contribution in [0.15, 0.2) is 29.0 Å². The first-order valence-electron chi connectivity index (χ1n) is 6.01. The lowest BCUT2D eigenvalue weighted by atomic mass is 10.1. The fourth-order valence-electron chi connectivity index (χ4n) is 1.75. The second-order valence-corrected chi connectivity index (χ2v) is 5.82. The van der Waals surface area contributed by atoms with Gasteiger partial charge in [0.2, 0.25) is 5.88 Å². The maximum absolute atomic E-state index is 10.9. The smallest absolute Gasteiger partial charge is 0.274 e. The molecule has 0 aliphatic heterocycles. The van der Waals surface area contributed by atoms with Crippen LogP contribution in [0.4, 0.5) is 5.69 Å². The number of nitro groups is 1. The van der Waals surface area contributed by atoms with E-state index in [1.165, 1.54) is 18.5 Å². The minimum atomic E-state index is -0.492. The van der Waals surface area contributed by atoms with Crippen molar-refractivity contribution < 1.29 is 9.66 Å². The van der Waals surface area contributed by atoms with Gasteiger partial charge in [0.15, 0.2) is 0 Å². The highest BCUT2D eigenvalue weighted by molar-refractivity contribution is 9.10. The summed E-state index contributed by atoms with van der Waals surface area (Å²) in [6.07, 6.45) is 1.29. The molecular formula is C13H11BrClN3O3. The molecule has 0 atom stereocenters. The van der Waals surface area contributed by atoms with Crippen molar-refractivity contribution in [2.45, 2.75) is 19.8 Å². The molecule has 0 saturated heterocycles. The van der Waals surface area contributed by atoms with Gasteiger partial charge in [-0.2, -0.15) is 0 Å². The van der Waals surface area contributed by atoms with Gasteiger partial charge in [-0.05, 0) is 12.0 Å². The van der Waals surface area contributed by atoms with Crippen LogP contribution in [-0.4, -0.2) is 14.9 Å². The van der Waals surface area contributed by atoms with E-state index in [-0.39, 0.29) is 17.5 Å². The molecule has 0 spiro atoms. The predicted octanol–water partition coefficient (Wildman–Crippen LogP) is 4.72. The summed E-state index contributed by atoms with van der Waals surface area (Å²) in [6.45, 7) is 3.86. The van der Waals surface area contributed by atoms with Crippen molar-refractivity contribution in [1.29, 1.82) is 0 Å². The number of rotatable bonds is 4. The number of benzene rings is 1. The van der Waals surface area contributed by atoms with Gasteiger partial charge in [0.25, 0.3) is 5.69 Å². The fourth-order valence-corrected chi connectivity index (χ4v) is 2.55. The zero-order valence-corrected chi connectivity index (χ0v) is 13.6. The molecule has 0 unspecified atom stereocenters. The minimum absolute atomic E-state index is 0.0517. The lowest BCUT2D eigenvalue weighted by Gasteiger charge is -2.13. The summed E-state index contributed by atoms with van der Waals surface area (Å²) in [5, 5.41) is 11.2. The van der Waals surface area contributed by atoms with Gasteiger partial charge in [-0.1, -0.05) is 41.4 Å². The van der Waals surface area contributed by atoms with Crippen molar-refractivity contribution in [3.8, 4) is 11.6 Å². The van der Waals surface area contributed by atoms with E-state index in [2.05, 4.69) is 25.9 Å². The van der Waals surface area contributed by atoms with Gasteiger partial charge >= 0.3 is 0 Å². The summed E-state index contributed by atoms with van der Waals surface area (Å²) >= 11 is 9.27. The topological polar surface area (TPSA) is 78.2 Å². The monoisotopic (exact) mass is 371 g/mol. The first kappa shape index (κ1) is 15.7. The minimum Gasteiger partial charge on any atom is -0.438 e. The first-order valence-corrected chi connectivity index (χ1v) is 7.18. The summed E-state index contributed by atoms with van der Waals surface area (Å²) in [5.41, 5.74) is 0.576. The van der Waals surface area contributed by atoms with E-state index in [9.17, 15) is 10.1 Å². The highest BCUT2D eigenvalue weighted by Gasteiger charge is 2.17. The van der Waals surface area contributed by atoms with Crippen LogP contribution in [0.5, 0.6) is 11.6 Å². The highest BCUT2D eigenvalue weighted by atomic mass is 79.9. The molecule has 0 aliphatic carbocycles. The lowest BCUT2D eigenvalue weighted by molar-refractivity contribution is -0.385. The van der Waals surface area contributed by atoms with Gasteiger partial charge in [-0.15, -0.1) is 0 Å². The summed E-state index contributed by atoms with van der Waals surface area (Å²) in [4.78, 5) is 18.4. The molecule has 2 rings (SSSR count). The van der Waals surface area contributed by atoms with Crippen LogP contribution in [0.25, 0.3) is 0 Å². The first-order chi connectivity index (χ1) is 9.88. The van der Waals surface area contributed by atoms with E-state index >= 15 is 0 Å². The number of hydrogen-bond donors (Lipinski definition) is 0. The molecule has 0 radical (unpaired) electrons. The molecule has 2 aromatic rings. The van der Waals surface area contributed by atoms with Crippen LogP contribution < -0.4 is 4.74 Å². The largest absolute Gasteiger partial charge is 0.438 e. The number of halogens is 2. The zero-order valence-electron chi connectivity index (χ0n) is 11.2. The third-order valence-electron chi connectivity index (χ3n) is 2.66. The van der Waals surface area contributed by atoms with E-state index in [1.807, 2.05) is 13.8 Å². The average Bonchev–Trinajstić information content (AvgIpc) is 2.37. The average molecular weight is 373 g/mol. The number of nitro benzene ring substituents is 1. The Labute approximate surface area is 134 Å². The molecule has 110 valence electrons. The summed E-state index contributed by atoms with van der Waals surface area (Å²) < 4.78 is 6.19. The normalized spacial score (nSPS) is 10.7. The van der Waals surface area contributed by atoms with Gasteiger partial charge in [-0.3, -0.25) is 10.1 Å². The van der Waals surface area contributed by atoms with E-state index < -0.39 is 4.92 Å². The van der Waals surface area contributed by atoms with Crippen LogP contribution in [0.1, 0.15) is 25.3 Å². The quantitative estimate of drug-likeness (QED) is 0.441. The fraction of sp³-hybridized carbons (Fsp3) is 0.231. The predicted molar refractivity (Wildman–Crippen MR) is 82.0 cm³/mol. The molecule has 1 aromatic carbocycles. The maximum atomic E-state index is 10.9. The molecule has 0 fully saturated rings. The Balaban J connectivity index is 2.43. The third kappa shape index (κ3) is 3.68. The molecule has 0 saturated carbocycles. The molecule has 0 N–H and O–H groups in total. The highest BCUT2D eigenvalue weighted by Crippen LogP contribution is 2.34. The Morgan fingerprint density at radius 1 is 1.33 bits per heavy atom. The van der Waals surface area contributed by atoms with Gasteiger partial charge in [0.05, 0.1) is 16.6 Å². The van der Waals surface area contributed by atoms with E-state index in [1.54, 1.807) is 6.07 Å². The molecule has 1 aromatic heterocycles. The van der Waals surface area contributed by atoms with Gasteiger partial charge in [0, 0.05) is 10.5 Å². The van der Waals surface area contributed by atoms with Crippen LogP contribution in [0.2, 0.25) is 5.15 Å². The van der Waals surface area contributed by atoms with Gasteiger partial charge in [0.1, 0.15) is 17.2 Å². The second-order valence-electron chi connectivity index (χ2n) is 4.54. The Hall–Kier alpha value is -1.73. The molecule has 21 heavy (non-hydrogen) atoms. The Morgan fingerprint density at radius 3 is 2.67 bits per heavy atom. The molecule has 6 nitrogen and oxygen atoms in total. The summed E-state index contributed by atoms with van der Waals surface area (Å²) in [7, 11) is 0. The molecule has 8 heteroatoms. The Morgan fingerprint density at radius 2 is 2.05 bits per heavy atom. The van der Waals surface area contributed by atoms with Crippen LogP contribution in [0.3, 0.4) is 0 Å². The van der Waals surface area contributed by atoms with Gasteiger partial charge < -0.3 is 4.74 Å². The third-order valence-corrected chi connectivity index (χ3v) is 3.42. The second kappa shape index (κ2) is 6.36. The van der Waals surface area contributed by atoms with Crippen molar-refractivity contribution >= 4 is 33.2 Å². The summed E-state index contributed by atoms with van der Waals surface area (Å²) in [5.74, 6) is 0.640. The zero-order chi connectivity index (χ0) is 15.6. The molecule has 0 aliphatic rings. The number of nitrogens with zero attached hydrogens (tertiary/aromatic N) is 3. The number of non-ortho nitro benzene ring substituents is 1.